The van der Waals surface area contributed by atoms with E-state index in [1.54, 1.807) is 13.8 Å². The minimum absolute atomic E-state index is 0.200. The van der Waals surface area contributed by atoms with Crippen molar-refractivity contribution in [3.05, 3.63) is 0 Å². The van der Waals surface area contributed by atoms with E-state index in [1.807, 2.05) is 6.92 Å². The lowest BCUT2D eigenvalue weighted by Crippen LogP contribution is -2.53. The minimum Gasteiger partial charge on any atom is -0.480 e. The number of hydroxylamine groups is 1. The molecule has 0 fully saturated rings. The predicted octanol–water partition coefficient (Wildman–Crippen LogP) is 0.0283. The first-order valence-corrected chi connectivity index (χ1v) is 7.90. The van der Waals surface area contributed by atoms with E-state index in [9.17, 15) is 19.2 Å². The van der Waals surface area contributed by atoms with Gasteiger partial charge in [0.25, 0.3) is 0 Å². The SMILES string of the molecule is CCCC(CC(=O)NO)C(=O)NC(C)C(=O)NC(C(=O)O)C(C)C. The maximum absolute atomic E-state index is 12.2. The van der Waals surface area contributed by atoms with Gasteiger partial charge in [-0.15, -0.1) is 0 Å². The predicted molar refractivity (Wildman–Crippen MR) is 85.0 cm³/mol. The molecule has 5 N–H and O–H groups in total. The van der Waals surface area contributed by atoms with Crippen LogP contribution in [0.5, 0.6) is 0 Å². The summed E-state index contributed by atoms with van der Waals surface area (Å²) in [6.45, 7) is 6.59. The summed E-state index contributed by atoms with van der Waals surface area (Å²) in [5.41, 5.74) is 1.47. The Morgan fingerprint density at radius 2 is 1.58 bits per heavy atom. The fourth-order valence-electron chi connectivity index (χ4n) is 2.13. The minimum atomic E-state index is -1.15. The van der Waals surface area contributed by atoms with Crippen LogP contribution in [-0.4, -0.2) is 46.1 Å². The van der Waals surface area contributed by atoms with Gasteiger partial charge >= 0.3 is 5.97 Å². The van der Waals surface area contributed by atoms with E-state index in [-0.39, 0.29) is 12.3 Å². The van der Waals surface area contributed by atoms with Crippen molar-refractivity contribution in [1.82, 2.24) is 16.1 Å². The van der Waals surface area contributed by atoms with Gasteiger partial charge in [-0.3, -0.25) is 19.6 Å². The number of hydrogen-bond acceptors (Lipinski definition) is 5. The van der Waals surface area contributed by atoms with Crippen molar-refractivity contribution in [2.45, 2.75) is 59.0 Å². The molecule has 0 bridgehead atoms. The molecule has 9 heteroatoms. The molecule has 0 radical (unpaired) electrons. The lowest BCUT2D eigenvalue weighted by Gasteiger charge is -2.22. The van der Waals surface area contributed by atoms with Crippen molar-refractivity contribution in [1.29, 1.82) is 0 Å². The molecule has 0 aliphatic carbocycles. The summed E-state index contributed by atoms with van der Waals surface area (Å²) in [6, 6.07) is -2.00. The molecule has 0 saturated carbocycles. The number of nitrogens with one attached hydrogen (secondary N) is 3. The molecule has 138 valence electrons. The number of carboxylic acids is 1. The Labute approximate surface area is 141 Å². The van der Waals surface area contributed by atoms with Gasteiger partial charge in [0.2, 0.25) is 17.7 Å². The molecule has 0 rings (SSSR count). The third-order valence-electron chi connectivity index (χ3n) is 3.55. The number of amides is 3. The molecule has 24 heavy (non-hydrogen) atoms. The van der Waals surface area contributed by atoms with E-state index < -0.39 is 41.7 Å². The van der Waals surface area contributed by atoms with Gasteiger partial charge < -0.3 is 15.7 Å². The molecule has 0 aromatic carbocycles. The third kappa shape index (κ3) is 7.40. The van der Waals surface area contributed by atoms with Crippen molar-refractivity contribution < 1.29 is 29.5 Å². The largest absolute Gasteiger partial charge is 0.480 e. The molecule has 0 aromatic rings. The van der Waals surface area contributed by atoms with Gasteiger partial charge in [0.1, 0.15) is 12.1 Å². The molecule has 0 heterocycles. The molecule has 0 aliphatic heterocycles. The highest BCUT2D eigenvalue weighted by molar-refractivity contribution is 5.92. The van der Waals surface area contributed by atoms with E-state index in [1.165, 1.54) is 12.4 Å². The Bertz CT molecular complexity index is 466. The Kier molecular flexibility index (Phi) is 9.63. The molecule has 9 nitrogen and oxygen atoms in total. The van der Waals surface area contributed by atoms with Gasteiger partial charge in [0.05, 0.1) is 0 Å². The standard InChI is InChI=1S/C15H27N3O6/c1-5-6-10(7-11(19)18-24)14(21)16-9(4)13(20)17-12(8(2)3)15(22)23/h8-10,12,24H,5-7H2,1-4H3,(H,16,21)(H,17,20)(H,18,19)(H,22,23). The molecular formula is C15H27N3O6. The first-order chi connectivity index (χ1) is 11.1. The summed E-state index contributed by atoms with van der Waals surface area (Å²) in [5, 5.41) is 22.5. The zero-order valence-electron chi connectivity index (χ0n) is 14.5. The number of aliphatic carboxylic acids is 1. The average Bonchev–Trinajstić information content (AvgIpc) is 2.50. The van der Waals surface area contributed by atoms with Crippen LogP contribution in [0.2, 0.25) is 0 Å². The van der Waals surface area contributed by atoms with E-state index >= 15 is 0 Å². The van der Waals surface area contributed by atoms with Gasteiger partial charge in [-0.2, -0.15) is 0 Å². The zero-order valence-corrected chi connectivity index (χ0v) is 14.5. The Balaban J connectivity index is 4.77. The number of rotatable bonds is 10. The summed E-state index contributed by atoms with van der Waals surface area (Å²) in [7, 11) is 0. The van der Waals surface area contributed by atoms with Gasteiger partial charge in [0, 0.05) is 12.3 Å². The first kappa shape index (κ1) is 21.8. The summed E-state index contributed by atoms with van der Waals surface area (Å²) in [4.78, 5) is 46.6. The maximum Gasteiger partial charge on any atom is 0.326 e. The molecule has 0 aliphatic rings. The highest BCUT2D eigenvalue weighted by Gasteiger charge is 2.28. The summed E-state index contributed by atoms with van der Waals surface area (Å²) in [5.74, 6) is -3.95. The Hall–Kier alpha value is -2.16. The number of carbonyl (C=O) groups is 4. The van der Waals surface area contributed by atoms with Crippen LogP contribution in [0.25, 0.3) is 0 Å². The van der Waals surface area contributed by atoms with Crippen molar-refractivity contribution in [3.63, 3.8) is 0 Å². The van der Waals surface area contributed by atoms with Crippen LogP contribution in [0, 0.1) is 11.8 Å². The van der Waals surface area contributed by atoms with Gasteiger partial charge in [-0.05, 0) is 19.3 Å². The summed E-state index contributed by atoms with van der Waals surface area (Å²) in [6.07, 6.45) is 0.859. The second kappa shape index (κ2) is 10.6. The van der Waals surface area contributed by atoms with Crippen LogP contribution >= 0.6 is 0 Å². The maximum atomic E-state index is 12.2. The molecule has 3 unspecified atom stereocenters. The normalized spacial score (nSPS) is 14.4. The summed E-state index contributed by atoms with van der Waals surface area (Å²) >= 11 is 0. The first-order valence-electron chi connectivity index (χ1n) is 7.90. The van der Waals surface area contributed by atoms with Gasteiger partial charge in [-0.25, -0.2) is 10.3 Å². The fraction of sp³-hybridized carbons (Fsp3) is 0.733. The van der Waals surface area contributed by atoms with E-state index in [0.29, 0.717) is 12.8 Å². The lowest BCUT2D eigenvalue weighted by atomic mass is 9.98. The van der Waals surface area contributed by atoms with Crippen molar-refractivity contribution in [2.75, 3.05) is 0 Å². The van der Waals surface area contributed by atoms with Crippen LogP contribution in [0.15, 0.2) is 0 Å². The second-order valence-electron chi connectivity index (χ2n) is 6.02. The lowest BCUT2D eigenvalue weighted by molar-refractivity contribution is -0.143. The Morgan fingerprint density at radius 1 is 1.00 bits per heavy atom. The second-order valence-corrected chi connectivity index (χ2v) is 6.02. The number of carboxylic acid groups (broad SMARTS) is 1. The molecular weight excluding hydrogens is 318 g/mol. The van der Waals surface area contributed by atoms with Crippen LogP contribution in [0.3, 0.4) is 0 Å². The van der Waals surface area contributed by atoms with Crippen LogP contribution in [-0.2, 0) is 19.2 Å². The number of hydrogen-bond donors (Lipinski definition) is 5. The topological polar surface area (TPSA) is 145 Å². The van der Waals surface area contributed by atoms with Gasteiger partial charge in [-0.1, -0.05) is 27.2 Å². The smallest absolute Gasteiger partial charge is 0.326 e. The molecule has 0 saturated heterocycles. The fourth-order valence-corrected chi connectivity index (χ4v) is 2.13. The van der Waals surface area contributed by atoms with Crippen LogP contribution in [0.1, 0.15) is 47.0 Å². The van der Waals surface area contributed by atoms with Crippen LogP contribution < -0.4 is 16.1 Å². The monoisotopic (exact) mass is 345 g/mol. The Morgan fingerprint density at radius 3 is 2.00 bits per heavy atom. The highest BCUT2D eigenvalue weighted by Crippen LogP contribution is 2.12. The molecule has 0 aromatic heterocycles. The highest BCUT2D eigenvalue weighted by atomic mass is 16.5. The average molecular weight is 345 g/mol. The molecule has 3 atom stereocenters. The summed E-state index contributed by atoms with van der Waals surface area (Å²) < 4.78 is 0. The van der Waals surface area contributed by atoms with E-state index in [4.69, 9.17) is 10.3 Å². The molecule has 3 amide bonds. The third-order valence-corrected chi connectivity index (χ3v) is 3.55. The van der Waals surface area contributed by atoms with Gasteiger partial charge in [0.15, 0.2) is 0 Å². The van der Waals surface area contributed by atoms with Crippen LogP contribution in [0.4, 0.5) is 0 Å². The number of carbonyl (C=O) groups excluding carboxylic acids is 3. The molecule has 0 spiro atoms. The van der Waals surface area contributed by atoms with Crippen molar-refractivity contribution in [2.24, 2.45) is 11.8 Å². The zero-order chi connectivity index (χ0) is 18.9. The van der Waals surface area contributed by atoms with Crippen molar-refractivity contribution >= 4 is 23.7 Å². The van der Waals surface area contributed by atoms with Crippen molar-refractivity contribution in [3.8, 4) is 0 Å². The quantitative estimate of drug-likeness (QED) is 0.279. The van der Waals surface area contributed by atoms with E-state index in [2.05, 4.69) is 10.6 Å². The van der Waals surface area contributed by atoms with E-state index in [0.717, 1.165) is 0 Å².